The molecule has 1 aliphatic rings. The number of carbonyl (C=O) groups is 1. The summed E-state index contributed by atoms with van der Waals surface area (Å²) in [4.78, 5) is 14.0. The van der Waals surface area contributed by atoms with Crippen LogP contribution in [0.4, 0.5) is 0 Å². The molecule has 1 N–H and O–H groups in total. The number of hydrogen-bond donors (Lipinski definition) is 1. The van der Waals surface area contributed by atoms with Crippen LogP contribution in [-0.4, -0.2) is 37.0 Å². The fourth-order valence-electron chi connectivity index (χ4n) is 1.96. The quantitative estimate of drug-likeness (QED) is 0.907. The molecule has 0 saturated carbocycles. The van der Waals surface area contributed by atoms with Crippen molar-refractivity contribution in [2.24, 2.45) is 0 Å². The van der Waals surface area contributed by atoms with Crippen LogP contribution in [0.25, 0.3) is 0 Å². The van der Waals surface area contributed by atoms with Gasteiger partial charge in [-0.15, -0.1) is 12.4 Å². The van der Waals surface area contributed by atoms with Crippen LogP contribution in [-0.2, 0) is 0 Å². The lowest BCUT2D eigenvalue weighted by atomic mass is 10.1. The van der Waals surface area contributed by atoms with Gasteiger partial charge in [-0.25, -0.2) is 0 Å². The zero-order chi connectivity index (χ0) is 11.5. The molecule has 1 atom stereocenters. The Labute approximate surface area is 116 Å². The Balaban J connectivity index is 0.00000144. The molecule has 1 aliphatic heterocycles. The molecule has 1 amide bonds. The number of benzene rings is 1. The standard InChI is InChI=1S/C12H15BrN2O.ClH/c1-15(11-5-6-14-8-11)12(16)9-3-2-4-10(13)7-9;/h2-4,7,11,14H,5-6,8H2,1H3;1H/t11-;/m0./s1. The number of hydrogen-bond acceptors (Lipinski definition) is 2. The summed E-state index contributed by atoms with van der Waals surface area (Å²) < 4.78 is 0.941. The van der Waals surface area contributed by atoms with Crippen LogP contribution in [0, 0.1) is 0 Å². The minimum Gasteiger partial charge on any atom is -0.337 e. The molecule has 1 saturated heterocycles. The van der Waals surface area contributed by atoms with E-state index in [9.17, 15) is 4.79 Å². The van der Waals surface area contributed by atoms with Gasteiger partial charge in [0.25, 0.3) is 5.91 Å². The van der Waals surface area contributed by atoms with E-state index in [0.717, 1.165) is 29.5 Å². The lowest BCUT2D eigenvalue weighted by Crippen LogP contribution is -2.38. The Hall–Kier alpha value is -0.580. The van der Waals surface area contributed by atoms with Gasteiger partial charge >= 0.3 is 0 Å². The zero-order valence-electron chi connectivity index (χ0n) is 9.65. The van der Waals surface area contributed by atoms with Gasteiger partial charge in [0.15, 0.2) is 0 Å². The molecule has 1 aromatic rings. The Bertz CT molecular complexity index is 394. The summed E-state index contributed by atoms with van der Waals surface area (Å²) in [5, 5.41) is 3.27. The van der Waals surface area contributed by atoms with E-state index in [-0.39, 0.29) is 18.3 Å². The largest absolute Gasteiger partial charge is 0.337 e. The molecule has 0 bridgehead atoms. The summed E-state index contributed by atoms with van der Waals surface area (Å²) in [6.45, 7) is 1.90. The Morgan fingerprint density at radius 2 is 2.29 bits per heavy atom. The van der Waals surface area contributed by atoms with Crippen molar-refractivity contribution in [2.45, 2.75) is 12.5 Å². The highest BCUT2D eigenvalue weighted by atomic mass is 79.9. The second-order valence-electron chi connectivity index (χ2n) is 4.07. The monoisotopic (exact) mass is 318 g/mol. The van der Waals surface area contributed by atoms with Crippen molar-refractivity contribution in [3.63, 3.8) is 0 Å². The van der Waals surface area contributed by atoms with Crippen LogP contribution in [0.3, 0.4) is 0 Å². The van der Waals surface area contributed by atoms with Crippen LogP contribution in [0.1, 0.15) is 16.8 Å². The van der Waals surface area contributed by atoms with E-state index in [4.69, 9.17) is 0 Å². The summed E-state index contributed by atoms with van der Waals surface area (Å²) in [6.07, 6.45) is 1.04. The first kappa shape index (κ1) is 14.5. The molecule has 3 nitrogen and oxygen atoms in total. The van der Waals surface area contributed by atoms with E-state index in [1.165, 1.54) is 0 Å². The van der Waals surface area contributed by atoms with Gasteiger partial charge in [-0.1, -0.05) is 22.0 Å². The maximum absolute atomic E-state index is 12.2. The van der Waals surface area contributed by atoms with E-state index in [1.807, 2.05) is 36.2 Å². The topological polar surface area (TPSA) is 32.3 Å². The molecule has 1 heterocycles. The third-order valence-corrected chi connectivity index (χ3v) is 3.47. The summed E-state index contributed by atoms with van der Waals surface area (Å²) in [7, 11) is 1.88. The minimum absolute atomic E-state index is 0. The molecule has 0 unspecified atom stereocenters. The molecule has 0 aromatic heterocycles. The van der Waals surface area contributed by atoms with E-state index >= 15 is 0 Å². The Morgan fingerprint density at radius 3 is 2.88 bits per heavy atom. The van der Waals surface area contributed by atoms with Crippen molar-refractivity contribution in [3.05, 3.63) is 34.3 Å². The highest BCUT2D eigenvalue weighted by molar-refractivity contribution is 9.10. The van der Waals surface area contributed by atoms with Crippen molar-refractivity contribution in [1.29, 1.82) is 0 Å². The number of nitrogens with one attached hydrogen (secondary N) is 1. The third kappa shape index (κ3) is 3.44. The van der Waals surface area contributed by atoms with Crippen LogP contribution in [0.15, 0.2) is 28.7 Å². The van der Waals surface area contributed by atoms with E-state index in [2.05, 4.69) is 21.2 Å². The van der Waals surface area contributed by atoms with Gasteiger partial charge in [0.1, 0.15) is 0 Å². The van der Waals surface area contributed by atoms with Gasteiger partial charge < -0.3 is 10.2 Å². The predicted molar refractivity (Wildman–Crippen MR) is 74.8 cm³/mol. The summed E-state index contributed by atoms with van der Waals surface area (Å²) in [6, 6.07) is 7.85. The lowest BCUT2D eigenvalue weighted by Gasteiger charge is -2.23. The van der Waals surface area contributed by atoms with Gasteiger partial charge in [-0.05, 0) is 31.2 Å². The highest BCUT2D eigenvalue weighted by Gasteiger charge is 2.23. The van der Waals surface area contributed by atoms with Gasteiger partial charge in [-0.3, -0.25) is 4.79 Å². The molecule has 0 spiro atoms. The highest BCUT2D eigenvalue weighted by Crippen LogP contribution is 2.15. The number of carbonyl (C=O) groups excluding carboxylic acids is 1. The van der Waals surface area contributed by atoms with E-state index in [1.54, 1.807) is 0 Å². The average molecular weight is 320 g/mol. The first-order chi connectivity index (χ1) is 7.68. The lowest BCUT2D eigenvalue weighted by molar-refractivity contribution is 0.0743. The average Bonchev–Trinajstić information content (AvgIpc) is 2.80. The number of halogens is 2. The number of likely N-dealkylation sites (N-methyl/N-ethyl adjacent to an activating group) is 1. The Morgan fingerprint density at radius 1 is 1.53 bits per heavy atom. The maximum atomic E-state index is 12.2. The molecule has 2 rings (SSSR count). The second kappa shape index (κ2) is 6.38. The van der Waals surface area contributed by atoms with Crippen LogP contribution in [0.2, 0.25) is 0 Å². The van der Waals surface area contributed by atoms with Crippen LogP contribution < -0.4 is 5.32 Å². The number of amides is 1. The minimum atomic E-state index is 0. The maximum Gasteiger partial charge on any atom is 0.253 e. The van der Waals surface area contributed by atoms with Gasteiger partial charge in [0, 0.05) is 29.7 Å². The predicted octanol–water partition coefficient (Wildman–Crippen LogP) is 2.30. The van der Waals surface area contributed by atoms with Crippen LogP contribution in [0.5, 0.6) is 0 Å². The molecule has 5 heteroatoms. The SMILES string of the molecule is CN(C(=O)c1cccc(Br)c1)[C@H]1CCNC1.Cl. The molecule has 0 aliphatic carbocycles. The van der Waals surface area contributed by atoms with Crippen molar-refractivity contribution in [2.75, 3.05) is 20.1 Å². The number of nitrogens with zero attached hydrogens (tertiary/aromatic N) is 1. The molecule has 94 valence electrons. The molecule has 17 heavy (non-hydrogen) atoms. The van der Waals surface area contributed by atoms with Crippen molar-refractivity contribution < 1.29 is 4.79 Å². The summed E-state index contributed by atoms with van der Waals surface area (Å²) in [5.74, 6) is 0.0926. The van der Waals surface area contributed by atoms with E-state index in [0.29, 0.717) is 6.04 Å². The molecule has 1 fully saturated rings. The first-order valence-electron chi connectivity index (χ1n) is 5.42. The van der Waals surface area contributed by atoms with E-state index < -0.39 is 0 Å². The third-order valence-electron chi connectivity index (χ3n) is 2.97. The first-order valence-corrected chi connectivity index (χ1v) is 6.21. The summed E-state index contributed by atoms with van der Waals surface area (Å²) in [5.41, 5.74) is 0.740. The van der Waals surface area contributed by atoms with Crippen LogP contribution >= 0.6 is 28.3 Å². The molecular weight excluding hydrogens is 304 g/mol. The van der Waals surface area contributed by atoms with Crippen molar-refractivity contribution >= 4 is 34.2 Å². The van der Waals surface area contributed by atoms with Crippen molar-refractivity contribution in [1.82, 2.24) is 10.2 Å². The Kier molecular flexibility index (Phi) is 5.43. The smallest absolute Gasteiger partial charge is 0.253 e. The fourth-order valence-corrected chi connectivity index (χ4v) is 2.36. The fraction of sp³-hybridized carbons (Fsp3) is 0.417. The summed E-state index contributed by atoms with van der Waals surface area (Å²) >= 11 is 3.38. The molecule has 0 radical (unpaired) electrons. The second-order valence-corrected chi connectivity index (χ2v) is 4.99. The van der Waals surface area contributed by atoms with Gasteiger partial charge in [0.2, 0.25) is 0 Å². The zero-order valence-corrected chi connectivity index (χ0v) is 12.1. The van der Waals surface area contributed by atoms with Gasteiger partial charge in [0.05, 0.1) is 0 Å². The van der Waals surface area contributed by atoms with Crippen molar-refractivity contribution in [3.8, 4) is 0 Å². The normalized spacial score (nSPS) is 18.6. The number of rotatable bonds is 2. The molecular formula is C12H16BrClN2O. The molecule has 1 aromatic carbocycles. The van der Waals surface area contributed by atoms with Gasteiger partial charge in [-0.2, -0.15) is 0 Å².